The normalized spacial score (nSPS) is 11.7. The monoisotopic (exact) mass is 334 g/mol. The van der Waals surface area contributed by atoms with Gasteiger partial charge in [0.2, 0.25) is 5.89 Å². The number of hydrogen-bond acceptors (Lipinski definition) is 3. The molecule has 25 heavy (non-hydrogen) atoms. The lowest BCUT2D eigenvalue weighted by molar-refractivity contribution is 0.570. The van der Waals surface area contributed by atoms with Crippen LogP contribution in [-0.4, -0.2) is 4.98 Å². The van der Waals surface area contributed by atoms with Crippen LogP contribution < -0.4 is 5.32 Å². The summed E-state index contributed by atoms with van der Waals surface area (Å²) in [5, 5.41) is 3.43. The molecule has 0 aliphatic heterocycles. The quantitative estimate of drug-likeness (QED) is 0.693. The highest BCUT2D eigenvalue weighted by molar-refractivity contribution is 5.54. The molecule has 130 valence electrons. The Morgan fingerprint density at radius 2 is 1.76 bits per heavy atom. The van der Waals surface area contributed by atoms with Crippen LogP contribution in [0.1, 0.15) is 43.2 Å². The Morgan fingerprint density at radius 3 is 2.44 bits per heavy atom. The van der Waals surface area contributed by atoms with Crippen molar-refractivity contribution in [2.24, 2.45) is 0 Å². The molecule has 0 fully saturated rings. The largest absolute Gasteiger partial charge is 0.444 e. The van der Waals surface area contributed by atoms with Gasteiger partial charge in [-0.1, -0.05) is 62.7 Å². The molecule has 0 saturated heterocycles. The van der Waals surface area contributed by atoms with Crippen LogP contribution in [-0.2, 0) is 18.5 Å². The van der Waals surface area contributed by atoms with Gasteiger partial charge in [0.25, 0.3) is 0 Å². The zero-order valence-corrected chi connectivity index (χ0v) is 15.5. The van der Waals surface area contributed by atoms with Crippen LogP contribution in [0.2, 0.25) is 0 Å². The average molecular weight is 334 g/mol. The van der Waals surface area contributed by atoms with Gasteiger partial charge < -0.3 is 9.73 Å². The Balaban J connectivity index is 1.56. The van der Waals surface area contributed by atoms with E-state index < -0.39 is 0 Å². The minimum absolute atomic E-state index is 0.193. The third-order valence-corrected chi connectivity index (χ3v) is 4.27. The third kappa shape index (κ3) is 4.58. The number of oxazole rings is 1. The Hall–Kier alpha value is -2.39. The van der Waals surface area contributed by atoms with E-state index in [0.29, 0.717) is 12.4 Å². The predicted molar refractivity (Wildman–Crippen MR) is 102 cm³/mol. The summed E-state index contributed by atoms with van der Waals surface area (Å²) in [7, 11) is 0. The van der Waals surface area contributed by atoms with Crippen LogP contribution in [0.5, 0.6) is 0 Å². The maximum Gasteiger partial charge on any atom is 0.226 e. The lowest BCUT2D eigenvalue weighted by Gasteiger charge is -2.19. The van der Waals surface area contributed by atoms with E-state index in [1.165, 1.54) is 16.7 Å². The van der Waals surface area contributed by atoms with Gasteiger partial charge >= 0.3 is 0 Å². The summed E-state index contributed by atoms with van der Waals surface area (Å²) < 4.78 is 5.61. The van der Waals surface area contributed by atoms with Gasteiger partial charge in [-0.05, 0) is 35.6 Å². The Bertz CT molecular complexity index is 826. The Morgan fingerprint density at radius 1 is 1.00 bits per heavy atom. The number of aromatic nitrogens is 1. The molecule has 0 radical (unpaired) electrons. The maximum absolute atomic E-state index is 5.61. The van der Waals surface area contributed by atoms with Crippen molar-refractivity contribution in [3.63, 3.8) is 0 Å². The predicted octanol–water partition coefficient (Wildman–Crippen LogP) is 5.24. The summed E-state index contributed by atoms with van der Waals surface area (Å²) in [5.74, 6) is 0.676. The SMILES string of the molecule is Cc1cccc(-c2nc(CNCc3ccc(C(C)(C)C)cc3)co2)c1. The fourth-order valence-corrected chi connectivity index (χ4v) is 2.76. The van der Waals surface area contributed by atoms with Gasteiger partial charge in [-0.3, -0.25) is 0 Å². The second kappa shape index (κ2) is 7.24. The highest BCUT2D eigenvalue weighted by Gasteiger charge is 2.12. The molecule has 2 aromatic carbocycles. The molecule has 0 aliphatic rings. The zero-order valence-electron chi connectivity index (χ0n) is 15.5. The average Bonchev–Trinajstić information content (AvgIpc) is 3.03. The molecule has 0 aliphatic carbocycles. The summed E-state index contributed by atoms with van der Waals surface area (Å²) in [6.07, 6.45) is 1.73. The van der Waals surface area contributed by atoms with Crippen molar-refractivity contribution in [2.75, 3.05) is 0 Å². The fourth-order valence-electron chi connectivity index (χ4n) is 2.76. The third-order valence-electron chi connectivity index (χ3n) is 4.27. The second-order valence-electron chi connectivity index (χ2n) is 7.56. The van der Waals surface area contributed by atoms with E-state index in [0.717, 1.165) is 17.8 Å². The molecule has 0 unspecified atom stereocenters. The topological polar surface area (TPSA) is 38.1 Å². The molecule has 3 nitrogen and oxygen atoms in total. The lowest BCUT2D eigenvalue weighted by atomic mass is 9.87. The van der Waals surface area contributed by atoms with Gasteiger partial charge in [-0.15, -0.1) is 0 Å². The van der Waals surface area contributed by atoms with Crippen molar-refractivity contribution in [2.45, 2.75) is 46.2 Å². The zero-order chi connectivity index (χ0) is 17.9. The number of rotatable bonds is 5. The van der Waals surface area contributed by atoms with Crippen molar-refractivity contribution in [1.29, 1.82) is 0 Å². The van der Waals surface area contributed by atoms with Gasteiger partial charge in [-0.2, -0.15) is 0 Å². The minimum atomic E-state index is 0.193. The van der Waals surface area contributed by atoms with E-state index in [1.54, 1.807) is 6.26 Å². The van der Waals surface area contributed by atoms with Crippen LogP contribution in [0.25, 0.3) is 11.5 Å². The molecule has 1 aromatic heterocycles. The lowest BCUT2D eigenvalue weighted by Crippen LogP contribution is -2.14. The molecule has 3 rings (SSSR count). The number of hydrogen-bond donors (Lipinski definition) is 1. The Labute approximate surface area is 150 Å². The molecule has 0 bridgehead atoms. The van der Waals surface area contributed by atoms with Crippen molar-refractivity contribution in [3.8, 4) is 11.5 Å². The van der Waals surface area contributed by atoms with Crippen LogP contribution >= 0.6 is 0 Å². The van der Waals surface area contributed by atoms with E-state index in [-0.39, 0.29) is 5.41 Å². The number of benzene rings is 2. The van der Waals surface area contributed by atoms with Crippen molar-refractivity contribution >= 4 is 0 Å². The van der Waals surface area contributed by atoms with Gasteiger partial charge in [0.15, 0.2) is 0 Å². The molecule has 1 heterocycles. The van der Waals surface area contributed by atoms with Gasteiger partial charge in [-0.25, -0.2) is 4.98 Å². The van der Waals surface area contributed by atoms with E-state index in [1.807, 2.05) is 12.1 Å². The number of nitrogens with one attached hydrogen (secondary N) is 1. The molecule has 0 amide bonds. The molecule has 0 spiro atoms. The van der Waals surface area contributed by atoms with Crippen LogP contribution in [0, 0.1) is 6.92 Å². The Kier molecular flexibility index (Phi) is 5.05. The fraction of sp³-hybridized carbons (Fsp3) is 0.318. The van der Waals surface area contributed by atoms with Crippen molar-refractivity contribution in [3.05, 3.63) is 77.2 Å². The van der Waals surface area contributed by atoms with E-state index in [2.05, 4.69) is 74.4 Å². The maximum atomic E-state index is 5.61. The van der Waals surface area contributed by atoms with Crippen molar-refractivity contribution in [1.82, 2.24) is 10.3 Å². The first-order valence-corrected chi connectivity index (χ1v) is 8.73. The smallest absolute Gasteiger partial charge is 0.226 e. The van der Waals surface area contributed by atoms with Crippen molar-refractivity contribution < 1.29 is 4.42 Å². The summed E-state index contributed by atoms with van der Waals surface area (Å²) in [6, 6.07) is 17.0. The second-order valence-corrected chi connectivity index (χ2v) is 7.56. The molecular formula is C22H26N2O. The van der Waals surface area contributed by atoms with Gasteiger partial charge in [0, 0.05) is 18.7 Å². The molecule has 3 heteroatoms. The molecule has 1 N–H and O–H groups in total. The van der Waals surface area contributed by atoms with Gasteiger partial charge in [0.05, 0.1) is 5.69 Å². The van der Waals surface area contributed by atoms with Crippen LogP contribution in [0.3, 0.4) is 0 Å². The first-order valence-electron chi connectivity index (χ1n) is 8.73. The summed E-state index contributed by atoms with van der Waals surface area (Å²) in [5.41, 5.74) is 5.96. The molecular weight excluding hydrogens is 308 g/mol. The van der Waals surface area contributed by atoms with E-state index >= 15 is 0 Å². The molecule has 0 atom stereocenters. The first-order chi connectivity index (χ1) is 11.9. The first kappa shape index (κ1) is 17.4. The number of nitrogens with zero attached hydrogens (tertiary/aromatic N) is 1. The van der Waals surface area contributed by atoms with Gasteiger partial charge in [0.1, 0.15) is 6.26 Å². The minimum Gasteiger partial charge on any atom is -0.444 e. The van der Waals surface area contributed by atoms with Crippen LogP contribution in [0.15, 0.2) is 59.2 Å². The number of aryl methyl sites for hydroxylation is 1. The highest BCUT2D eigenvalue weighted by atomic mass is 16.3. The van der Waals surface area contributed by atoms with E-state index in [4.69, 9.17) is 4.42 Å². The molecule has 0 saturated carbocycles. The summed E-state index contributed by atoms with van der Waals surface area (Å²) in [6.45, 7) is 10.3. The highest BCUT2D eigenvalue weighted by Crippen LogP contribution is 2.22. The summed E-state index contributed by atoms with van der Waals surface area (Å²) >= 11 is 0. The standard InChI is InChI=1S/C22H26N2O/c1-16-6-5-7-18(12-16)21-24-20(15-25-21)14-23-13-17-8-10-19(11-9-17)22(2,3)4/h5-12,15,23H,13-14H2,1-4H3. The van der Waals surface area contributed by atoms with Crippen LogP contribution in [0.4, 0.5) is 0 Å². The van der Waals surface area contributed by atoms with E-state index in [9.17, 15) is 0 Å². The molecule has 3 aromatic rings. The summed E-state index contributed by atoms with van der Waals surface area (Å²) in [4.78, 5) is 4.57.